The predicted octanol–water partition coefficient (Wildman–Crippen LogP) is 2.73. The molecule has 2 atom stereocenters. The molecule has 0 saturated heterocycles. The fourth-order valence-electron chi connectivity index (χ4n) is 2.55. The molecule has 124 valence electrons. The Balaban J connectivity index is 2.01. The molecule has 7 nitrogen and oxygen atoms in total. The molecule has 0 aliphatic carbocycles. The topological polar surface area (TPSA) is 92.9 Å². The smallest absolute Gasteiger partial charge is 0.326 e. The van der Waals surface area contributed by atoms with Crippen molar-refractivity contribution in [1.29, 1.82) is 0 Å². The van der Waals surface area contributed by atoms with Crippen LogP contribution in [0.1, 0.15) is 20.3 Å². The van der Waals surface area contributed by atoms with E-state index in [4.69, 9.17) is 0 Å². The zero-order chi connectivity index (χ0) is 17.1. The number of carboxylic acid groups (broad SMARTS) is 1. The molecular weight excluding hydrogens is 306 g/mol. The Morgan fingerprint density at radius 2 is 2.04 bits per heavy atom. The van der Waals surface area contributed by atoms with Gasteiger partial charge in [-0.25, -0.2) is 19.4 Å². The summed E-state index contributed by atoms with van der Waals surface area (Å²) >= 11 is 0. The minimum atomic E-state index is -0.897. The molecule has 0 bridgehead atoms. The lowest BCUT2D eigenvalue weighted by Gasteiger charge is -2.20. The summed E-state index contributed by atoms with van der Waals surface area (Å²) in [6, 6.07) is 8.93. The van der Waals surface area contributed by atoms with Crippen molar-refractivity contribution in [2.75, 3.05) is 5.32 Å². The SMILES string of the molecule is CC[C@H](C)[C@H](Nc1ncnc2c1cnn2-c1ccccc1)C(=O)O. The number of nitrogens with zero attached hydrogens (tertiary/aromatic N) is 4. The van der Waals surface area contributed by atoms with E-state index in [9.17, 15) is 9.90 Å². The molecule has 0 amide bonds. The van der Waals surface area contributed by atoms with Gasteiger partial charge in [-0.05, 0) is 18.1 Å². The number of fused-ring (bicyclic) bond motifs is 1. The average molecular weight is 325 g/mol. The van der Waals surface area contributed by atoms with Gasteiger partial charge in [-0.15, -0.1) is 0 Å². The van der Waals surface area contributed by atoms with Gasteiger partial charge in [0.1, 0.15) is 18.2 Å². The Hall–Kier alpha value is -2.96. The van der Waals surface area contributed by atoms with Crippen molar-refractivity contribution in [1.82, 2.24) is 19.7 Å². The van der Waals surface area contributed by atoms with Crippen molar-refractivity contribution in [2.24, 2.45) is 5.92 Å². The number of carboxylic acids is 1. The van der Waals surface area contributed by atoms with Crippen LogP contribution in [-0.2, 0) is 4.79 Å². The van der Waals surface area contributed by atoms with Crippen LogP contribution in [0.2, 0.25) is 0 Å². The lowest BCUT2D eigenvalue weighted by molar-refractivity contribution is -0.139. The second-order valence-electron chi connectivity index (χ2n) is 5.70. The van der Waals surface area contributed by atoms with E-state index in [2.05, 4.69) is 20.4 Å². The lowest BCUT2D eigenvalue weighted by atomic mass is 9.99. The van der Waals surface area contributed by atoms with Gasteiger partial charge in [0.25, 0.3) is 0 Å². The largest absolute Gasteiger partial charge is 0.480 e. The zero-order valence-corrected chi connectivity index (χ0v) is 13.5. The van der Waals surface area contributed by atoms with Crippen molar-refractivity contribution in [2.45, 2.75) is 26.3 Å². The van der Waals surface area contributed by atoms with Crippen molar-refractivity contribution in [3.8, 4) is 5.69 Å². The zero-order valence-electron chi connectivity index (χ0n) is 13.5. The monoisotopic (exact) mass is 325 g/mol. The van der Waals surface area contributed by atoms with Crippen molar-refractivity contribution < 1.29 is 9.90 Å². The molecule has 3 rings (SSSR count). The summed E-state index contributed by atoms with van der Waals surface area (Å²) in [4.78, 5) is 20.1. The van der Waals surface area contributed by atoms with Crippen LogP contribution < -0.4 is 5.32 Å². The molecular formula is C17H19N5O2. The average Bonchev–Trinajstić information content (AvgIpc) is 3.04. The molecule has 0 unspecified atom stereocenters. The first-order valence-electron chi connectivity index (χ1n) is 7.85. The molecule has 1 aromatic carbocycles. The summed E-state index contributed by atoms with van der Waals surface area (Å²) in [6.45, 7) is 3.86. The highest BCUT2D eigenvalue weighted by molar-refractivity contribution is 5.89. The Labute approximate surface area is 139 Å². The minimum Gasteiger partial charge on any atom is -0.480 e. The molecule has 0 radical (unpaired) electrons. The molecule has 0 aliphatic heterocycles. The third-order valence-corrected chi connectivity index (χ3v) is 4.14. The first kappa shape index (κ1) is 15.9. The van der Waals surface area contributed by atoms with Crippen LogP contribution in [0.4, 0.5) is 5.82 Å². The van der Waals surface area contributed by atoms with E-state index in [1.54, 1.807) is 10.9 Å². The lowest BCUT2D eigenvalue weighted by Crippen LogP contribution is -2.35. The second kappa shape index (κ2) is 6.66. The molecule has 2 aromatic heterocycles. The number of carbonyl (C=O) groups is 1. The molecule has 2 N–H and O–H groups in total. The van der Waals surface area contributed by atoms with Gasteiger partial charge >= 0.3 is 5.97 Å². The Morgan fingerprint density at radius 3 is 2.71 bits per heavy atom. The molecule has 7 heteroatoms. The van der Waals surface area contributed by atoms with Crippen LogP contribution in [0.3, 0.4) is 0 Å². The number of hydrogen-bond acceptors (Lipinski definition) is 5. The fourth-order valence-corrected chi connectivity index (χ4v) is 2.55. The van der Waals surface area contributed by atoms with E-state index in [0.717, 1.165) is 12.1 Å². The minimum absolute atomic E-state index is 0.0308. The number of hydrogen-bond donors (Lipinski definition) is 2. The molecule has 0 spiro atoms. The maximum atomic E-state index is 11.5. The normalized spacial score (nSPS) is 13.6. The molecule has 0 saturated carbocycles. The number of rotatable bonds is 6. The molecule has 3 aromatic rings. The van der Waals surface area contributed by atoms with Crippen molar-refractivity contribution in [3.63, 3.8) is 0 Å². The van der Waals surface area contributed by atoms with Gasteiger partial charge in [0.2, 0.25) is 0 Å². The third-order valence-electron chi connectivity index (χ3n) is 4.14. The van der Waals surface area contributed by atoms with E-state index in [0.29, 0.717) is 16.9 Å². The quantitative estimate of drug-likeness (QED) is 0.724. The summed E-state index contributed by atoms with van der Waals surface area (Å²) in [5, 5.41) is 17.6. The van der Waals surface area contributed by atoms with E-state index >= 15 is 0 Å². The highest BCUT2D eigenvalue weighted by Crippen LogP contribution is 2.23. The van der Waals surface area contributed by atoms with Crippen LogP contribution >= 0.6 is 0 Å². The van der Waals surface area contributed by atoms with E-state index in [1.807, 2.05) is 44.2 Å². The molecule has 24 heavy (non-hydrogen) atoms. The van der Waals surface area contributed by atoms with Crippen LogP contribution in [0.15, 0.2) is 42.9 Å². The van der Waals surface area contributed by atoms with E-state index < -0.39 is 12.0 Å². The van der Waals surface area contributed by atoms with Crippen LogP contribution in [0.25, 0.3) is 16.7 Å². The van der Waals surface area contributed by atoms with Gasteiger partial charge in [0, 0.05) is 0 Å². The summed E-state index contributed by atoms with van der Waals surface area (Å²) in [5.41, 5.74) is 1.51. The van der Waals surface area contributed by atoms with Crippen LogP contribution in [0.5, 0.6) is 0 Å². The first-order valence-corrected chi connectivity index (χ1v) is 7.85. The van der Waals surface area contributed by atoms with Gasteiger partial charge in [0.05, 0.1) is 17.3 Å². The van der Waals surface area contributed by atoms with E-state index in [-0.39, 0.29) is 5.92 Å². The van der Waals surface area contributed by atoms with Gasteiger partial charge in [-0.2, -0.15) is 5.10 Å². The van der Waals surface area contributed by atoms with Crippen molar-refractivity contribution >= 4 is 22.8 Å². The van der Waals surface area contributed by atoms with E-state index in [1.165, 1.54) is 6.33 Å². The number of aromatic nitrogens is 4. The van der Waals surface area contributed by atoms with Crippen molar-refractivity contribution in [3.05, 3.63) is 42.9 Å². The number of nitrogens with one attached hydrogen (secondary N) is 1. The Bertz CT molecular complexity index is 847. The summed E-state index contributed by atoms with van der Waals surface area (Å²) in [5.74, 6) is -0.446. The fraction of sp³-hybridized carbons (Fsp3) is 0.294. The maximum Gasteiger partial charge on any atom is 0.326 e. The van der Waals surface area contributed by atoms with Gasteiger partial charge in [-0.3, -0.25) is 0 Å². The number of aliphatic carboxylic acids is 1. The Kier molecular flexibility index (Phi) is 4.41. The van der Waals surface area contributed by atoms with Gasteiger partial charge in [-0.1, -0.05) is 38.5 Å². The Morgan fingerprint density at radius 1 is 1.29 bits per heavy atom. The van der Waals surface area contributed by atoms with Crippen LogP contribution in [0, 0.1) is 5.92 Å². The predicted molar refractivity (Wildman–Crippen MR) is 91.2 cm³/mol. The number of benzene rings is 1. The first-order chi connectivity index (χ1) is 11.6. The molecule has 0 fully saturated rings. The summed E-state index contributed by atoms with van der Waals surface area (Å²) in [7, 11) is 0. The van der Waals surface area contributed by atoms with Crippen LogP contribution in [-0.4, -0.2) is 36.9 Å². The maximum absolute atomic E-state index is 11.5. The summed E-state index contributed by atoms with van der Waals surface area (Å²) < 4.78 is 1.71. The highest BCUT2D eigenvalue weighted by atomic mass is 16.4. The number of para-hydroxylation sites is 1. The molecule has 0 aliphatic rings. The van der Waals surface area contributed by atoms with Gasteiger partial charge < -0.3 is 10.4 Å². The number of anilines is 1. The molecule has 2 heterocycles. The standard InChI is InChI=1S/C17H19N5O2/c1-3-11(2)14(17(23)24)21-15-13-9-20-22(16(13)19-10-18-15)12-7-5-4-6-8-12/h4-11,14H,3H2,1-2H3,(H,23,24)(H,18,19,21)/t11-,14-/m0/s1. The summed E-state index contributed by atoms with van der Waals surface area (Å²) in [6.07, 6.45) is 3.82. The second-order valence-corrected chi connectivity index (χ2v) is 5.70. The highest BCUT2D eigenvalue weighted by Gasteiger charge is 2.25. The van der Waals surface area contributed by atoms with Gasteiger partial charge in [0.15, 0.2) is 5.65 Å². The third kappa shape index (κ3) is 2.92.